The minimum Gasteiger partial charge on any atom is -0.352 e. The minimum atomic E-state index is 0.148. The number of amides is 1. The molecule has 0 aromatic heterocycles. The van der Waals surface area contributed by atoms with Gasteiger partial charge >= 0.3 is 0 Å². The maximum absolute atomic E-state index is 12.1. The molecule has 3 unspecified atom stereocenters. The Kier molecular flexibility index (Phi) is 3.53. The highest BCUT2D eigenvalue weighted by molar-refractivity contribution is 5.82. The van der Waals surface area contributed by atoms with E-state index in [0.29, 0.717) is 30.2 Å². The fraction of sp³-hybridized carbons (Fsp3) is 0.923. The van der Waals surface area contributed by atoms with Gasteiger partial charge in [-0.1, -0.05) is 26.7 Å². The molecule has 3 nitrogen and oxygen atoms in total. The molecule has 0 aliphatic heterocycles. The minimum absolute atomic E-state index is 0.148. The van der Waals surface area contributed by atoms with Gasteiger partial charge in [-0.2, -0.15) is 0 Å². The molecule has 2 aliphatic carbocycles. The van der Waals surface area contributed by atoms with Crippen LogP contribution in [0.15, 0.2) is 0 Å². The molecular weight excluding hydrogens is 200 g/mol. The molecule has 1 amide bonds. The summed E-state index contributed by atoms with van der Waals surface area (Å²) >= 11 is 0. The molecule has 2 aliphatic rings. The lowest BCUT2D eigenvalue weighted by molar-refractivity contribution is -0.123. The third-order valence-corrected chi connectivity index (χ3v) is 4.35. The van der Waals surface area contributed by atoms with Gasteiger partial charge in [0.05, 0.1) is 0 Å². The number of carbonyl (C=O) groups excluding carboxylic acids is 1. The van der Waals surface area contributed by atoms with Crippen molar-refractivity contribution in [1.29, 1.82) is 0 Å². The molecule has 2 fully saturated rings. The average Bonchev–Trinajstić information content (AvgIpc) is 2.99. The van der Waals surface area contributed by atoms with E-state index in [1.165, 1.54) is 25.7 Å². The van der Waals surface area contributed by atoms with Gasteiger partial charge in [-0.15, -0.1) is 0 Å². The quantitative estimate of drug-likeness (QED) is 0.760. The Hall–Kier alpha value is -0.570. The predicted octanol–water partition coefficient (Wildman–Crippen LogP) is 1.52. The van der Waals surface area contributed by atoms with Crippen LogP contribution in [0.2, 0.25) is 0 Å². The van der Waals surface area contributed by atoms with E-state index in [1.54, 1.807) is 0 Å². The summed E-state index contributed by atoms with van der Waals surface area (Å²) in [7, 11) is 0. The van der Waals surface area contributed by atoms with Gasteiger partial charge in [-0.25, -0.2) is 0 Å². The van der Waals surface area contributed by atoms with E-state index < -0.39 is 0 Å². The highest BCUT2D eigenvalue weighted by Crippen LogP contribution is 2.55. The predicted molar refractivity (Wildman–Crippen MR) is 64.8 cm³/mol. The lowest BCUT2D eigenvalue weighted by Crippen LogP contribution is -2.44. The van der Waals surface area contributed by atoms with E-state index in [9.17, 15) is 4.79 Å². The maximum Gasteiger partial charge on any atom is 0.223 e. The smallest absolute Gasteiger partial charge is 0.223 e. The van der Waals surface area contributed by atoms with E-state index >= 15 is 0 Å². The second-order valence-electron chi connectivity index (χ2n) is 5.73. The molecular formula is C13H24N2O. The zero-order chi connectivity index (χ0) is 11.7. The molecule has 92 valence electrons. The van der Waals surface area contributed by atoms with Crippen LogP contribution in [-0.4, -0.2) is 18.5 Å². The lowest BCUT2D eigenvalue weighted by atomic mass is 10.0. The second kappa shape index (κ2) is 4.74. The summed E-state index contributed by atoms with van der Waals surface area (Å²) in [6.07, 6.45) is 5.15. The zero-order valence-corrected chi connectivity index (χ0v) is 10.4. The van der Waals surface area contributed by atoms with Crippen molar-refractivity contribution in [1.82, 2.24) is 5.32 Å². The van der Waals surface area contributed by atoms with Crippen molar-refractivity contribution in [2.24, 2.45) is 29.4 Å². The summed E-state index contributed by atoms with van der Waals surface area (Å²) < 4.78 is 0. The van der Waals surface area contributed by atoms with Crippen LogP contribution in [0.25, 0.3) is 0 Å². The first kappa shape index (κ1) is 11.9. The SMILES string of the molecule is CC(C)C(CN)NC(=O)C1C2CCCCC21. The largest absolute Gasteiger partial charge is 0.352 e. The molecule has 3 atom stereocenters. The zero-order valence-electron chi connectivity index (χ0n) is 10.4. The van der Waals surface area contributed by atoms with Crippen molar-refractivity contribution >= 4 is 5.91 Å². The fourth-order valence-corrected chi connectivity index (χ4v) is 3.16. The van der Waals surface area contributed by atoms with E-state index in [4.69, 9.17) is 5.73 Å². The number of hydrogen-bond donors (Lipinski definition) is 2. The van der Waals surface area contributed by atoms with Crippen LogP contribution in [0.5, 0.6) is 0 Å². The van der Waals surface area contributed by atoms with Crippen LogP contribution >= 0.6 is 0 Å². The normalized spacial score (nSPS) is 34.4. The number of fused-ring (bicyclic) bond motifs is 1. The summed E-state index contributed by atoms with van der Waals surface area (Å²) in [6.45, 7) is 4.76. The number of nitrogens with two attached hydrogens (primary N) is 1. The van der Waals surface area contributed by atoms with Crippen LogP contribution < -0.4 is 11.1 Å². The van der Waals surface area contributed by atoms with Gasteiger partial charge in [0.15, 0.2) is 0 Å². The third kappa shape index (κ3) is 2.24. The van der Waals surface area contributed by atoms with Crippen LogP contribution in [-0.2, 0) is 4.79 Å². The maximum atomic E-state index is 12.1. The van der Waals surface area contributed by atoms with Gasteiger partial charge < -0.3 is 11.1 Å². The molecule has 3 heteroatoms. The van der Waals surface area contributed by atoms with Gasteiger partial charge in [0.1, 0.15) is 0 Å². The van der Waals surface area contributed by atoms with Gasteiger partial charge in [-0.3, -0.25) is 4.79 Å². The molecule has 2 saturated carbocycles. The molecule has 0 bridgehead atoms. The number of rotatable bonds is 4. The Morgan fingerprint density at radius 2 is 1.88 bits per heavy atom. The van der Waals surface area contributed by atoms with Gasteiger partial charge in [-0.05, 0) is 30.6 Å². The Bertz CT molecular complexity index is 253. The van der Waals surface area contributed by atoms with Crippen LogP contribution in [0.4, 0.5) is 0 Å². The molecule has 0 spiro atoms. The van der Waals surface area contributed by atoms with E-state index in [0.717, 1.165) is 0 Å². The third-order valence-electron chi connectivity index (χ3n) is 4.35. The summed E-state index contributed by atoms with van der Waals surface area (Å²) in [5.74, 6) is 2.39. The second-order valence-corrected chi connectivity index (χ2v) is 5.73. The number of carbonyl (C=O) groups is 1. The van der Waals surface area contributed by atoms with E-state index in [-0.39, 0.29) is 11.9 Å². The van der Waals surface area contributed by atoms with E-state index in [1.807, 2.05) is 0 Å². The Labute approximate surface area is 98.2 Å². The fourth-order valence-electron chi connectivity index (χ4n) is 3.16. The van der Waals surface area contributed by atoms with Gasteiger partial charge in [0.25, 0.3) is 0 Å². The average molecular weight is 224 g/mol. The number of nitrogens with one attached hydrogen (secondary N) is 1. The molecule has 0 heterocycles. The lowest BCUT2D eigenvalue weighted by Gasteiger charge is -2.20. The van der Waals surface area contributed by atoms with Gasteiger partial charge in [0.2, 0.25) is 5.91 Å². The van der Waals surface area contributed by atoms with Crippen molar-refractivity contribution < 1.29 is 4.79 Å². The van der Waals surface area contributed by atoms with Crippen LogP contribution in [0.3, 0.4) is 0 Å². The molecule has 0 radical (unpaired) electrons. The Balaban J connectivity index is 1.84. The Morgan fingerprint density at radius 3 is 2.31 bits per heavy atom. The monoisotopic (exact) mass is 224 g/mol. The first-order valence-electron chi connectivity index (χ1n) is 6.65. The standard InChI is InChI=1S/C13H24N2O/c1-8(2)11(7-14)15-13(16)12-9-5-3-4-6-10(9)12/h8-12H,3-7,14H2,1-2H3,(H,15,16). The van der Waals surface area contributed by atoms with Crippen molar-refractivity contribution in [3.8, 4) is 0 Å². The van der Waals surface area contributed by atoms with Crippen molar-refractivity contribution in [2.75, 3.05) is 6.54 Å². The van der Waals surface area contributed by atoms with Crippen molar-refractivity contribution in [3.63, 3.8) is 0 Å². The first-order chi connectivity index (χ1) is 7.65. The number of hydrogen-bond acceptors (Lipinski definition) is 2. The highest BCUT2D eigenvalue weighted by Gasteiger charge is 2.54. The highest BCUT2D eigenvalue weighted by atomic mass is 16.2. The van der Waals surface area contributed by atoms with Crippen LogP contribution in [0.1, 0.15) is 39.5 Å². The summed E-state index contributed by atoms with van der Waals surface area (Å²) in [5, 5.41) is 3.12. The van der Waals surface area contributed by atoms with E-state index in [2.05, 4.69) is 19.2 Å². The molecule has 3 N–H and O–H groups in total. The van der Waals surface area contributed by atoms with Crippen LogP contribution in [0, 0.1) is 23.7 Å². The summed E-state index contributed by atoms with van der Waals surface area (Å²) in [6, 6.07) is 0.148. The first-order valence-corrected chi connectivity index (χ1v) is 6.65. The molecule has 2 rings (SSSR count). The topological polar surface area (TPSA) is 55.1 Å². The van der Waals surface area contributed by atoms with Gasteiger partial charge in [0, 0.05) is 18.5 Å². The van der Waals surface area contributed by atoms with Crippen molar-refractivity contribution in [2.45, 2.75) is 45.6 Å². The summed E-state index contributed by atoms with van der Waals surface area (Å²) in [4.78, 5) is 12.1. The Morgan fingerprint density at radius 1 is 1.31 bits per heavy atom. The van der Waals surface area contributed by atoms with Crippen molar-refractivity contribution in [3.05, 3.63) is 0 Å². The molecule has 0 saturated heterocycles. The molecule has 0 aromatic carbocycles. The molecule has 16 heavy (non-hydrogen) atoms. The molecule has 0 aromatic rings. The summed E-state index contributed by atoms with van der Waals surface area (Å²) in [5.41, 5.74) is 5.67.